The summed E-state index contributed by atoms with van der Waals surface area (Å²) in [6.07, 6.45) is 2.18. The van der Waals surface area contributed by atoms with Gasteiger partial charge in [-0.3, -0.25) is 9.59 Å². The third-order valence-corrected chi connectivity index (χ3v) is 4.16. The lowest BCUT2D eigenvalue weighted by Crippen LogP contribution is -2.29. The normalized spacial score (nSPS) is 22.1. The van der Waals surface area contributed by atoms with Crippen LogP contribution >= 0.6 is 11.6 Å². The van der Waals surface area contributed by atoms with Crippen LogP contribution in [0.1, 0.15) is 44.1 Å². The van der Waals surface area contributed by atoms with Crippen molar-refractivity contribution >= 4 is 23.4 Å². The number of hydrogen-bond donors (Lipinski definition) is 0. The fourth-order valence-corrected chi connectivity index (χ4v) is 3.06. The van der Waals surface area contributed by atoms with Gasteiger partial charge in [0.1, 0.15) is 11.6 Å². The average Bonchev–Trinajstić information content (AvgIpc) is 2.43. The summed E-state index contributed by atoms with van der Waals surface area (Å²) >= 11 is 5.68. The Balaban J connectivity index is 2.23. The quantitative estimate of drug-likeness (QED) is 0.792. The fourth-order valence-electron chi connectivity index (χ4n) is 2.94. The summed E-state index contributed by atoms with van der Waals surface area (Å²) in [7, 11) is 0. The minimum Gasteiger partial charge on any atom is -0.466 e. The molecule has 0 heterocycles. The monoisotopic (exact) mass is 312 g/mol. The zero-order chi connectivity index (χ0) is 15.4. The molecule has 1 saturated carbocycles. The number of Topliss-reactive ketones (excluding diaryl/α,β-unsaturated/α-hetero) is 1. The second-order valence-electron chi connectivity index (χ2n) is 5.28. The lowest BCUT2D eigenvalue weighted by atomic mass is 9.73. The smallest absolute Gasteiger partial charge is 0.306 e. The van der Waals surface area contributed by atoms with Crippen LogP contribution in [0.4, 0.5) is 4.39 Å². The molecule has 0 N–H and O–H groups in total. The second kappa shape index (κ2) is 7.03. The highest BCUT2D eigenvalue weighted by atomic mass is 35.5. The van der Waals surface area contributed by atoms with Gasteiger partial charge in [-0.2, -0.15) is 0 Å². The lowest BCUT2D eigenvalue weighted by Gasteiger charge is -2.30. The zero-order valence-electron chi connectivity index (χ0n) is 11.9. The highest BCUT2D eigenvalue weighted by Gasteiger charge is 2.35. The van der Waals surface area contributed by atoms with Crippen LogP contribution in [0.5, 0.6) is 0 Å². The van der Waals surface area contributed by atoms with Crippen molar-refractivity contribution in [2.24, 2.45) is 5.92 Å². The Kier molecular flexibility index (Phi) is 5.34. The molecule has 1 aromatic rings. The van der Waals surface area contributed by atoms with Crippen LogP contribution in [0.25, 0.3) is 0 Å². The van der Waals surface area contributed by atoms with E-state index in [1.807, 2.05) is 0 Å². The number of esters is 1. The highest BCUT2D eigenvalue weighted by molar-refractivity contribution is 6.30. The van der Waals surface area contributed by atoms with Gasteiger partial charge in [0.15, 0.2) is 0 Å². The summed E-state index contributed by atoms with van der Waals surface area (Å²) in [6.45, 7) is 2.07. The number of rotatable bonds is 4. The molecule has 3 nitrogen and oxygen atoms in total. The standard InChI is InChI=1S/C16H18ClFO3/c1-2-21-15(20)9-10-4-3-5-14(19)16(10)11-6-7-12(17)13(18)8-11/h6-8,10,16H,2-5,9H2,1H3/t10-,16?/m1/s1. The van der Waals surface area contributed by atoms with Crippen LogP contribution in [0, 0.1) is 11.7 Å². The molecule has 1 fully saturated rings. The van der Waals surface area contributed by atoms with Gasteiger partial charge in [0.05, 0.1) is 11.6 Å². The van der Waals surface area contributed by atoms with Gasteiger partial charge in [-0.1, -0.05) is 17.7 Å². The minimum absolute atomic E-state index is 0.0314. The van der Waals surface area contributed by atoms with E-state index in [1.54, 1.807) is 13.0 Å². The van der Waals surface area contributed by atoms with Crippen molar-refractivity contribution in [1.29, 1.82) is 0 Å². The summed E-state index contributed by atoms with van der Waals surface area (Å²) in [4.78, 5) is 23.9. The van der Waals surface area contributed by atoms with E-state index in [0.29, 0.717) is 18.6 Å². The van der Waals surface area contributed by atoms with Crippen molar-refractivity contribution in [3.8, 4) is 0 Å². The molecule has 21 heavy (non-hydrogen) atoms. The average molecular weight is 313 g/mol. The number of ether oxygens (including phenoxy) is 1. The largest absolute Gasteiger partial charge is 0.466 e. The van der Waals surface area contributed by atoms with E-state index in [1.165, 1.54) is 12.1 Å². The SMILES string of the molecule is CCOC(=O)C[C@H]1CCCC(=O)C1c1ccc(Cl)c(F)c1. The Morgan fingerprint density at radius 1 is 1.48 bits per heavy atom. The number of carbonyl (C=O) groups is 2. The number of benzene rings is 1. The molecule has 0 spiro atoms. The molecule has 0 amide bonds. The van der Waals surface area contributed by atoms with Crippen molar-refractivity contribution < 1.29 is 18.7 Å². The molecular weight excluding hydrogens is 295 g/mol. The zero-order valence-corrected chi connectivity index (χ0v) is 12.7. The van der Waals surface area contributed by atoms with Gasteiger partial charge >= 0.3 is 5.97 Å². The second-order valence-corrected chi connectivity index (χ2v) is 5.69. The van der Waals surface area contributed by atoms with Gasteiger partial charge in [0.25, 0.3) is 0 Å². The van der Waals surface area contributed by atoms with Crippen molar-refractivity contribution in [2.45, 2.75) is 38.5 Å². The van der Waals surface area contributed by atoms with Gasteiger partial charge in [-0.25, -0.2) is 4.39 Å². The topological polar surface area (TPSA) is 43.4 Å². The lowest BCUT2D eigenvalue weighted by molar-refractivity contribution is -0.144. The van der Waals surface area contributed by atoms with E-state index < -0.39 is 11.7 Å². The Hall–Kier alpha value is -1.42. The highest BCUT2D eigenvalue weighted by Crippen LogP contribution is 2.38. The first-order valence-electron chi connectivity index (χ1n) is 7.16. The Morgan fingerprint density at radius 2 is 2.24 bits per heavy atom. The van der Waals surface area contributed by atoms with Crippen molar-refractivity contribution in [3.63, 3.8) is 0 Å². The molecule has 0 aliphatic heterocycles. The van der Waals surface area contributed by atoms with E-state index in [4.69, 9.17) is 16.3 Å². The predicted molar refractivity (Wildman–Crippen MR) is 77.7 cm³/mol. The predicted octanol–water partition coefficient (Wildman–Crippen LogP) is 3.89. The van der Waals surface area contributed by atoms with E-state index in [9.17, 15) is 14.0 Å². The first-order chi connectivity index (χ1) is 10.0. The Labute approximate surface area is 128 Å². The molecular formula is C16H18ClFO3. The molecule has 0 radical (unpaired) electrons. The maximum atomic E-state index is 13.6. The molecule has 1 aliphatic rings. The van der Waals surface area contributed by atoms with Crippen LogP contribution < -0.4 is 0 Å². The van der Waals surface area contributed by atoms with Gasteiger partial charge in [-0.15, -0.1) is 0 Å². The molecule has 1 unspecified atom stereocenters. The molecule has 5 heteroatoms. The number of hydrogen-bond acceptors (Lipinski definition) is 3. The maximum absolute atomic E-state index is 13.6. The maximum Gasteiger partial charge on any atom is 0.306 e. The molecule has 0 bridgehead atoms. The van der Waals surface area contributed by atoms with E-state index >= 15 is 0 Å². The van der Waals surface area contributed by atoms with Crippen molar-refractivity contribution in [3.05, 3.63) is 34.6 Å². The first kappa shape index (κ1) is 16.0. The van der Waals surface area contributed by atoms with Gasteiger partial charge < -0.3 is 4.74 Å². The van der Waals surface area contributed by atoms with Crippen LogP contribution in [0.15, 0.2) is 18.2 Å². The summed E-state index contributed by atoms with van der Waals surface area (Å²) in [6, 6.07) is 4.42. The third-order valence-electron chi connectivity index (χ3n) is 3.85. The van der Waals surface area contributed by atoms with E-state index in [-0.39, 0.29) is 29.1 Å². The molecule has 1 aromatic carbocycles. The van der Waals surface area contributed by atoms with Crippen LogP contribution in [0.3, 0.4) is 0 Å². The molecule has 114 valence electrons. The summed E-state index contributed by atoms with van der Waals surface area (Å²) < 4.78 is 18.6. The molecule has 0 aromatic heterocycles. The van der Waals surface area contributed by atoms with Gasteiger partial charge in [-0.05, 0) is 43.4 Å². The van der Waals surface area contributed by atoms with Gasteiger partial charge in [0.2, 0.25) is 0 Å². The fraction of sp³-hybridized carbons (Fsp3) is 0.500. The first-order valence-corrected chi connectivity index (χ1v) is 7.54. The van der Waals surface area contributed by atoms with Gasteiger partial charge in [0, 0.05) is 18.8 Å². The van der Waals surface area contributed by atoms with Crippen LogP contribution in [-0.2, 0) is 14.3 Å². The van der Waals surface area contributed by atoms with Crippen molar-refractivity contribution in [1.82, 2.24) is 0 Å². The molecule has 0 saturated heterocycles. The van der Waals surface area contributed by atoms with E-state index in [0.717, 1.165) is 12.8 Å². The minimum atomic E-state index is -0.539. The van der Waals surface area contributed by atoms with Crippen molar-refractivity contribution in [2.75, 3.05) is 6.61 Å². The third kappa shape index (κ3) is 3.82. The van der Waals surface area contributed by atoms with Crippen LogP contribution in [-0.4, -0.2) is 18.4 Å². The Morgan fingerprint density at radius 3 is 2.90 bits per heavy atom. The number of halogens is 2. The molecule has 2 rings (SSSR count). The number of ketones is 1. The summed E-state index contributed by atoms with van der Waals surface area (Å²) in [5, 5.41) is 0.0314. The summed E-state index contributed by atoms with van der Waals surface area (Å²) in [5.74, 6) is -1.38. The molecule has 2 atom stereocenters. The Bertz CT molecular complexity index is 544. The van der Waals surface area contributed by atoms with Crippen LogP contribution in [0.2, 0.25) is 5.02 Å². The molecule has 1 aliphatic carbocycles. The number of carbonyl (C=O) groups excluding carboxylic acids is 2. The summed E-state index contributed by atoms with van der Waals surface area (Å²) in [5.41, 5.74) is 0.593. The van der Waals surface area contributed by atoms with E-state index in [2.05, 4.69) is 0 Å².